The van der Waals surface area contributed by atoms with Crippen LogP contribution in [0.1, 0.15) is 38.5 Å². The molecule has 0 saturated carbocycles. The Balaban J connectivity index is 2.91. The van der Waals surface area contributed by atoms with Gasteiger partial charge in [0, 0.05) is 19.6 Å². The molecule has 16 nitrogen and oxygen atoms in total. The van der Waals surface area contributed by atoms with Crippen LogP contribution < -0.4 is 39.3 Å². The lowest BCUT2D eigenvalue weighted by Crippen LogP contribution is -2.57. The number of nitrogens with two attached hydrogens (primary N) is 5. The topological polar surface area (TPSA) is 291 Å². The number of aliphatic hydroxyl groups excluding tert-OH is 1. The fourth-order valence-corrected chi connectivity index (χ4v) is 3.65. The third kappa shape index (κ3) is 10.3. The number of hydrogen-bond acceptors (Lipinski definition) is 8. The van der Waals surface area contributed by atoms with Crippen molar-refractivity contribution in [2.45, 2.75) is 62.7 Å². The average molecular weight is 515 g/mol. The van der Waals surface area contributed by atoms with Crippen LogP contribution in [-0.2, 0) is 19.2 Å². The minimum atomic E-state index is -1.23. The largest absolute Gasteiger partial charge is 0.480 e. The van der Waals surface area contributed by atoms with E-state index in [4.69, 9.17) is 33.8 Å². The van der Waals surface area contributed by atoms with Crippen molar-refractivity contribution in [1.29, 1.82) is 0 Å². The number of nitrogens with one attached hydrogen (secondary N) is 2. The molecule has 16 heteroatoms. The number of amides is 3. The Morgan fingerprint density at radius 2 is 1.50 bits per heavy atom. The van der Waals surface area contributed by atoms with Gasteiger partial charge in [-0.3, -0.25) is 24.4 Å². The first-order valence-electron chi connectivity index (χ1n) is 11.6. The molecule has 14 N–H and O–H groups in total. The molecule has 1 fully saturated rings. The van der Waals surface area contributed by atoms with Crippen molar-refractivity contribution in [1.82, 2.24) is 15.5 Å². The summed E-state index contributed by atoms with van der Waals surface area (Å²) >= 11 is 0. The van der Waals surface area contributed by atoms with Crippen LogP contribution in [0.15, 0.2) is 9.98 Å². The second-order valence-corrected chi connectivity index (χ2v) is 8.34. The summed E-state index contributed by atoms with van der Waals surface area (Å²) in [6, 6.07) is -4.39. The monoisotopic (exact) mass is 514 g/mol. The molecule has 0 radical (unpaired) electrons. The molecule has 1 aliphatic heterocycles. The van der Waals surface area contributed by atoms with Gasteiger partial charge in [0.05, 0.1) is 6.61 Å². The summed E-state index contributed by atoms with van der Waals surface area (Å²) in [4.78, 5) is 59.0. The van der Waals surface area contributed by atoms with Crippen LogP contribution >= 0.6 is 0 Å². The number of aliphatic hydroxyl groups is 1. The molecule has 0 aromatic rings. The van der Waals surface area contributed by atoms with Crippen molar-refractivity contribution in [2.75, 3.05) is 26.2 Å². The van der Waals surface area contributed by atoms with Gasteiger partial charge in [0.1, 0.15) is 24.2 Å². The van der Waals surface area contributed by atoms with E-state index in [9.17, 15) is 24.3 Å². The van der Waals surface area contributed by atoms with Gasteiger partial charge in [-0.05, 0) is 38.5 Å². The molecular weight excluding hydrogens is 476 g/mol. The Morgan fingerprint density at radius 1 is 0.944 bits per heavy atom. The predicted molar refractivity (Wildman–Crippen MR) is 131 cm³/mol. The number of hydrogen-bond donors (Lipinski definition) is 9. The highest BCUT2D eigenvalue weighted by atomic mass is 16.4. The minimum absolute atomic E-state index is 0.0844. The Kier molecular flexibility index (Phi) is 13.0. The Hall–Kier alpha value is -3.66. The van der Waals surface area contributed by atoms with Gasteiger partial charge in [0.2, 0.25) is 17.7 Å². The molecule has 204 valence electrons. The van der Waals surface area contributed by atoms with E-state index in [0.29, 0.717) is 25.7 Å². The van der Waals surface area contributed by atoms with Crippen molar-refractivity contribution in [3.8, 4) is 0 Å². The third-order valence-electron chi connectivity index (χ3n) is 5.49. The molecule has 3 amide bonds. The number of guanidine groups is 2. The maximum atomic E-state index is 13.3. The van der Waals surface area contributed by atoms with E-state index in [0.717, 1.165) is 0 Å². The molecule has 4 atom stereocenters. The zero-order chi connectivity index (χ0) is 27.3. The summed E-state index contributed by atoms with van der Waals surface area (Å²) in [5.74, 6) is -3.35. The van der Waals surface area contributed by atoms with Crippen molar-refractivity contribution < 1.29 is 29.4 Å². The molecule has 1 aliphatic rings. The maximum Gasteiger partial charge on any atom is 0.326 e. The number of aliphatic imine (C=N–C) groups is 2. The number of carbonyl (C=O) groups excluding carboxylic acids is 3. The van der Waals surface area contributed by atoms with E-state index in [1.165, 1.54) is 4.90 Å². The summed E-state index contributed by atoms with van der Waals surface area (Å²) in [7, 11) is 0. The van der Waals surface area contributed by atoms with Crippen LogP contribution in [0.3, 0.4) is 0 Å². The SMILES string of the molecule is NC(N)=NCCCC(NC(=O)C1CCCN1C(=O)C(CCCN=C(N)N)NC(=O)C(N)CO)C(=O)O. The first kappa shape index (κ1) is 30.4. The van der Waals surface area contributed by atoms with Crippen molar-refractivity contribution in [2.24, 2.45) is 38.7 Å². The second kappa shape index (κ2) is 15.4. The number of likely N-dealkylation sites (tertiary alicyclic amines) is 1. The molecule has 0 aromatic heterocycles. The number of carboxylic acids is 1. The Bertz CT molecular complexity index is 828. The average Bonchev–Trinajstić information content (AvgIpc) is 3.31. The molecule has 0 spiro atoms. The van der Waals surface area contributed by atoms with Crippen molar-refractivity contribution >= 4 is 35.6 Å². The molecule has 4 unspecified atom stereocenters. The molecule has 1 saturated heterocycles. The van der Waals surface area contributed by atoms with Crippen molar-refractivity contribution in [3.05, 3.63) is 0 Å². The summed E-state index contributed by atoms with van der Waals surface area (Å²) < 4.78 is 0. The quantitative estimate of drug-likeness (QED) is 0.0569. The van der Waals surface area contributed by atoms with Gasteiger partial charge >= 0.3 is 5.97 Å². The molecule has 36 heavy (non-hydrogen) atoms. The van der Waals surface area contributed by atoms with Crippen LogP contribution in [0.25, 0.3) is 0 Å². The zero-order valence-electron chi connectivity index (χ0n) is 20.1. The van der Waals surface area contributed by atoms with E-state index < -0.39 is 54.5 Å². The highest BCUT2D eigenvalue weighted by Crippen LogP contribution is 2.20. The van der Waals surface area contributed by atoms with E-state index in [2.05, 4.69) is 20.6 Å². The normalized spacial score (nSPS) is 17.4. The summed E-state index contributed by atoms with van der Waals surface area (Å²) in [5.41, 5.74) is 26.7. The number of carboxylic acid groups (broad SMARTS) is 1. The van der Waals surface area contributed by atoms with Gasteiger partial charge < -0.3 is 54.4 Å². The van der Waals surface area contributed by atoms with Crippen LogP contribution in [0, 0.1) is 0 Å². The minimum Gasteiger partial charge on any atom is -0.480 e. The number of rotatable bonds is 15. The number of aliphatic carboxylic acids is 1. The number of nitrogens with zero attached hydrogens (tertiary/aromatic N) is 3. The summed E-state index contributed by atoms with van der Waals surface area (Å²) in [5, 5.41) is 23.6. The second-order valence-electron chi connectivity index (χ2n) is 8.34. The standard InChI is InChI=1S/C20H38N10O6/c21-11(10-31)15(32)28-12(4-1-7-26-19(22)23)17(34)30-9-3-6-14(30)16(33)29-13(18(35)36)5-2-8-27-20(24)25/h11-14,31H,1-10,21H2,(H,28,32)(H,29,33)(H,35,36)(H4,22,23,26)(H4,24,25,27). The van der Waals surface area contributed by atoms with Crippen LogP contribution in [-0.4, -0.2) is 101 Å². The van der Waals surface area contributed by atoms with Gasteiger partial charge in [0.15, 0.2) is 11.9 Å². The Labute approximate surface area is 208 Å². The van der Waals surface area contributed by atoms with E-state index in [1.54, 1.807) is 0 Å². The Morgan fingerprint density at radius 3 is 2.00 bits per heavy atom. The van der Waals surface area contributed by atoms with Crippen molar-refractivity contribution in [3.63, 3.8) is 0 Å². The van der Waals surface area contributed by atoms with Gasteiger partial charge in [0.25, 0.3) is 0 Å². The van der Waals surface area contributed by atoms with Gasteiger partial charge in [-0.15, -0.1) is 0 Å². The summed E-state index contributed by atoms with van der Waals surface area (Å²) in [6.45, 7) is 0.0338. The van der Waals surface area contributed by atoms with E-state index in [-0.39, 0.29) is 44.4 Å². The smallest absolute Gasteiger partial charge is 0.326 e. The lowest BCUT2D eigenvalue weighted by atomic mass is 10.1. The molecule has 1 heterocycles. The van der Waals surface area contributed by atoms with Gasteiger partial charge in [-0.2, -0.15) is 0 Å². The first-order valence-corrected chi connectivity index (χ1v) is 11.6. The van der Waals surface area contributed by atoms with Gasteiger partial charge in [-0.25, -0.2) is 4.79 Å². The number of carbonyl (C=O) groups is 4. The highest BCUT2D eigenvalue weighted by molar-refractivity contribution is 5.94. The molecule has 0 bridgehead atoms. The zero-order valence-corrected chi connectivity index (χ0v) is 20.1. The van der Waals surface area contributed by atoms with Crippen LogP contribution in [0.5, 0.6) is 0 Å². The molecule has 0 aromatic carbocycles. The first-order chi connectivity index (χ1) is 17.0. The maximum absolute atomic E-state index is 13.3. The molecule has 1 rings (SSSR count). The summed E-state index contributed by atoms with van der Waals surface area (Å²) in [6.07, 6.45) is 1.72. The van der Waals surface area contributed by atoms with E-state index in [1.807, 2.05) is 0 Å². The molecular formula is C20H38N10O6. The fourth-order valence-electron chi connectivity index (χ4n) is 3.65. The van der Waals surface area contributed by atoms with Gasteiger partial charge in [-0.1, -0.05) is 0 Å². The lowest BCUT2D eigenvalue weighted by molar-refractivity contribution is -0.145. The van der Waals surface area contributed by atoms with Crippen LogP contribution in [0.2, 0.25) is 0 Å². The predicted octanol–water partition coefficient (Wildman–Crippen LogP) is -4.54. The van der Waals surface area contributed by atoms with E-state index >= 15 is 0 Å². The third-order valence-corrected chi connectivity index (χ3v) is 5.49. The highest BCUT2D eigenvalue weighted by Gasteiger charge is 2.38. The fraction of sp³-hybridized carbons (Fsp3) is 0.700. The lowest BCUT2D eigenvalue weighted by Gasteiger charge is -2.30. The molecule has 0 aliphatic carbocycles. The van der Waals surface area contributed by atoms with Crippen LogP contribution in [0.4, 0.5) is 0 Å².